The molecule has 2 fully saturated rings. The number of carbonyl (C=O) groups is 1. The van der Waals surface area contributed by atoms with Crippen LogP contribution < -0.4 is 0 Å². The zero-order valence-corrected chi connectivity index (χ0v) is 20.3. The van der Waals surface area contributed by atoms with E-state index in [2.05, 4.69) is 11.8 Å². The number of carbonyl (C=O) groups excluding carboxylic acids is 1. The lowest BCUT2D eigenvalue weighted by atomic mass is 9.94. The van der Waals surface area contributed by atoms with Crippen LogP contribution in [0.2, 0.25) is 0 Å². The first-order valence-corrected chi connectivity index (χ1v) is 11.7. The number of benzene rings is 2. The van der Waals surface area contributed by atoms with Crippen LogP contribution in [-0.2, 0) is 10.0 Å². The Kier molecular flexibility index (Phi) is 7.05. The lowest BCUT2D eigenvalue weighted by Gasteiger charge is -2.31. The van der Waals surface area contributed by atoms with Crippen molar-refractivity contribution in [3.63, 3.8) is 0 Å². The molecule has 4 rings (SSSR count). The quantitative estimate of drug-likeness (QED) is 0.447. The lowest BCUT2D eigenvalue weighted by Crippen LogP contribution is -2.45. The van der Waals surface area contributed by atoms with E-state index in [1.807, 2.05) is 25.7 Å². The van der Waals surface area contributed by atoms with Crippen LogP contribution in [-0.4, -0.2) is 46.5 Å². The Labute approximate surface area is 205 Å². The number of piperidine rings is 1. The van der Waals surface area contributed by atoms with Crippen LogP contribution in [0.3, 0.4) is 0 Å². The van der Waals surface area contributed by atoms with Crippen molar-refractivity contribution in [3.05, 3.63) is 82.4 Å². The minimum absolute atomic E-state index is 0.0990. The number of Topliss-reactive ketones (excluding diaryl/α,β-unsaturated/α-hetero) is 1. The second-order valence-electron chi connectivity index (χ2n) is 10.1. The molecule has 0 amide bonds. The van der Waals surface area contributed by atoms with E-state index < -0.39 is 11.1 Å². The third kappa shape index (κ3) is 5.76. The molecule has 0 aliphatic carbocycles. The van der Waals surface area contributed by atoms with Gasteiger partial charge in [-0.25, -0.2) is 8.78 Å². The van der Waals surface area contributed by atoms with Gasteiger partial charge in [0.2, 0.25) is 0 Å². The van der Waals surface area contributed by atoms with Crippen molar-refractivity contribution in [1.82, 2.24) is 9.96 Å². The minimum Gasteiger partial charge on any atom is -0.289 e. The van der Waals surface area contributed by atoms with E-state index in [0.717, 1.165) is 22.6 Å². The topological polar surface area (TPSA) is 43.5 Å². The monoisotopic (exact) mass is 475 g/mol. The molecule has 1 atom stereocenters. The predicted molar refractivity (Wildman–Crippen MR) is 132 cm³/mol. The van der Waals surface area contributed by atoms with Gasteiger partial charge in [0.25, 0.3) is 0 Å². The minimum atomic E-state index is -0.728. The van der Waals surface area contributed by atoms with Gasteiger partial charge in [0.05, 0.1) is 6.54 Å². The van der Waals surface area contributed by atoms with E-state index >= 15 is 0 Å². The molecule has 4 nitrogen and oxygen atoms in total. The highest BCUT2D eigenvalue weighted by Gasteiger charge is 2.47. The van der Waals surface area contributed by atoms with Gasteiger partial charge in [-0.2, -0.15) is 0 Å². The molecule has 181 valence electrons. The van der Waals surface area contributed by atoms with Gasteiger partial charge in [-0.3, -0.25) is 9.69 Å². The van der Waals surface area contributed by atoms with Gasteiger partial charge in [-0.1, -0.05) is 36.1 Å². The summed E-state index contributed by atoms with van der Waals surface area (Å²) in [6, 6.07) is 11.9. The molecule has 2 aliphatic heterocycles. The van der Waals surface area contributed by atoms with Crippen molar-refractivity contribution in [2.24, 2.45) is 0 Å². The SMILES string of the molecule is CC1(C)CCC(C)(C#CCN2C/C(=C\c3ccc(F)cc3)C(=O)/C(=C/c3ccc(F)cc3)C2)N1[O]. The number of halogens is 2. The molecule has 35 heavy (non-hydrogen) atoms. The molecule has 1 unspecified atom stereocenters. The summed E-state index contributed by atoms with van der Waals surface area (Å²) in [6.07, 6.45) is 5.02. The zero-order chi connectivity index (χ0) is 25.2. The fourth-order valence-electron chi connectivity index (χ4n) is 4.62. The molecule has 2 aliphatic rings. The maximum atomic E-state index is 13.3. The summed E-state index contributed by atoms with van der Waals surface area (Å²) in [6.45, 7) is 6.90. The van der Waals surface area contributed by atoms with E-state index in [1.54, 1.807) is 36.4 Å². The van der Waals surface area contributed by atoms with Crippen molar-refractivity contribution < 1.29 is 18.8 Å². The van der Waals surface area contributed by atoms with E-state index in [4.69, 9.17) is 0 Å². The maximum absolute atomic E-state index is 13.3. The van der Waals surface area contributed by atoms with Gasteiger partial charge in [0, 0.05) is 29.8 Å². The van der Waals surface area contributed by atoms with Gasteiger partial charge in [-0.05, 0) is 81.2 Å². The van der Waals surface area contributed by atoms with Crippen molar-refractivity contribution in [2.75, 3.05) is 19.6 Å². The van der Waals surface area contributed by atoms with E-state index in [-0.39, 0.29) is 17.4 Å². The smallest absolute Gasteiger partial charge is 0.187 e. The molecule has 2 aromatic carbocycles. The van der Waals surface area contributed by atoms with Crippen LogP contribution in [0.25, 0.3) is 12.2 Å². The normalized spacial score (nSPS) is 25.1. The van der Waals surface area contributed by atoms with E-state index in [9.17, 15) is 18.8 Å². The summed E-state index contributed by atoms with van der Waals surface area (Å²) in [5.74, 6) is 5.57. The third-order valence-electron chi connectivity index (χ3n) is 6.67. The Balaban J connectivity index is 1.60. The first kappa shape index (κ1) is 25.0. The highest BCUT2D eigenvalue weighted by molar-refractivity contribution is 6.14. The highest BCUT2D eigenvalue weighted by atomic mass is 19.1. The number of rotatable bonds is 3. The molecule has 0 spiro atoms. The Morgan fingerprint density at radius 1 is 0.857 bits per heavy atom. The van der Waals surface area contributed by atoms with Crippen LogP contribution in [0.15, 0.2) is 59.7 Å². The standard InChI is InChI=1S/C29H29F2N2O2/c1-28(2)14-15-29(3,33(28)35)13-4-16-32-19-23(17-21-5-9-25(30)10-6-21)27(34)24(20-32)18-22-7-11-26(31)12-8-22/h5-12,17-18H,14-16,19-20H2,1-3H3/b23-17+,24-18+. The average Bonchev–Trinajstić information content (AvgIpc) is 3.03. The van der Waals surface area contributed by atoms with Crippen molar-refractivity contribution in [2.45, 2.75) is 44.7 Å². The van der Waals surface area contributed by atoms with Crippen LogP contribution in [0.5, 0.6) is 0 Å². The number of nitrogens with zero attached hydrogens (tertiary/aromatic N) is 2. The molecule has 0 N–H and O–H groups in total. The summed E-state index contributed by atoms with van der Waals surface area (Å²) in [4.78, 5) is 15.3. The molecule has 0 aromatic heterocycles. The van der Waals surface area contributed by atoms with Gasteiger partial charge in [-0.15, -0.1) is 10.3 Å². The predicted octanol–water partition coefficient (Wildman–Crippen LogP) is 5.30. The molecule has 1 radical (unpaired) electrons. The van der Waals surface area contributed by atoms with E-state index in [0.29, 0.717) is 37.2 Å². The van der Waals surface area contributed by atoms with Gasteiger partial charge >= 0.3 is 0 Å². The van der Waals surface area contributed by atoms with Gasteiger partial charge in [0.1, 0.15) is 17.2 Å². The molecular formula is C29H29F2N2O2. The first-order valence-electron chi connectivity index (χ1n) is 11.7. The Morgan fingerprint density at radius 2 is 1.34 bits per heavy atom. The van der Waals surface area contributed by atoms with Crippen molar-refractivity contribution in [3.8, 4) is 11.8 Å². The fraction of sp³-hybridized carbons (Fsp3) is 0.345. The number of hydrogen-bond donors (Lipinski definition) is 0. The lowest BCUT2D eigenvalue weighted by molar-refractivity contribution is -0.234. The number of hydrogen-bond acceptors (Lipinski definition) is 3. The van der Waals surface area contributed by atoms with Crippen LogP contribution >= 0.6 is 0 Å². The summed E-state index contributed by atoms with van der Waals surface area (Å²) in [5, 5.41) is 13.8. The van der Waals surface area contributed by atoms with Crippen molar-refractivity contribution in [1.29, 1.82) is 0 Å². The second-order valence-corrected chi connectivity index (χ2v) is 10.1. The average molecular weight is 476 g/mol. The molecule has 2 aromatic rings. The molecule has 6 heteroatoms. The molecule has 2 saturated heterocycles. The summed E-state index contributed by atoms with van der Waals surface area (Å²) < 4.78 is 26.7. The third-order valence-corrected chi connectivity index (χ3v) is 6.67. The van der Waals surface area contributed by atoms with Crippen LogP contribution in [0, 0.1) is 23.5 Å². The molecular weight excluding hydrogens is 446 g/mol. The largest absolute Gasteiger partial charge is 0.289 e. The molecule has 0 bridgehead atoms. The first-order chi connectivity index (χ1) is 16.6. The molecule has 0 saturated carbocycles. The second kappa shape index (κ2) is 9.87. The Morgan fingerprint density at radius 3 is 1.77 bits per heavy atom. The highest BCUT2D eigenvalue weighted by Crippen LogP contribution is 2.38. The number of ketones is 1. The summed E-state index contributed by atoms with van der Waals surface area (Å²) >= 11 is 0. The van der Waals surface area contributed by atoms with Crippen LogP contribution in [0.1, 0.15) is 44.7 Å². The van der Waals surface area contributed by atoms with Crippen molar-refractivity contribution >= 4 is 17.9 Å². The Bertz CT molecular complexity index is 1150. The van der Waals surface area contributed by atoms with Gasteiger partial charge < -0.3 is 0 Å². The zero-order valence-electron chi connectivity index (χ0n) is 20.3. The molecule has 2 heterocycles. The number of likely N-dealkylation sites (tertiary alicyclic amines) is 1. The summed E-state index contributed by atoms with van der Waals surface area (Å²) in [7, 11) is 0. The Hall–Kier alpha value is -3.11. The fourth-order valence-corrected chi connectivity index (χ4v) is 4.62. The van der Waals surface area contributed by atoms with E-state index in [1.165, 1.54) is 24.3 Å². The van der Waals surface area contributed by atoms with Gasteiger partial charge in [0.15, 0.2) is 5.78 Å². The maximum Gasteiger partial charge on any atom is 0.187 e. The summed E-state index contributed by atoms with van der Waals surface area (Å²) in [5.41, 5.74) is 1.43. The number of hydroxylamine groups is 2. The van der Waals surface area contributed by atoms with Crippen LogP contribution in [0.4, 0.5) is 8.78 Å².